The fourth-order valence-corrected chi connectivity index (χ4v) is 4.93. The Kier molecular flexibility index (Phi) is 7.97. The van der Waals surface area contributed by atoms with Crippen LogP contribution in [0.15, 0.2) is 163 Å². The SMILES string of the molecule is N=C(N=C(Nc1ccc(-c2ccc(-n3nc(-c4ccccc4)nc3-c3ccccc3)nc2)cn1)c1ccccc1)c1ccccc1. The maximum absolute atomic E-state index is 8.54. The highest BCUT2D eigenvalue weighted by molar-refractivity contribution is 6.15. The van der Waals surface area contributed by atoms with Gasteiger partial charge in [-0.2, -0.15) is 4.68 Å². The summed E-state index contributed by atoms with van der Waals surface area (Å²) in [5.41, 5.74) is 5.30. The minimum Gasteiger partial charge on any atom is -0.324 e. The van der Waals surface area contributed by atoms with Crippen molar-refractivity contribution in [3.05, 3.63) is 169 Å². The van der Waals surface area contributed by atoms with E-state index in [1.54, 1.807) is 10.9 Å². The number of hydrogen-bond acceptors (Lipinski definition) is 5. The molecule has 0 unspecified atom stereocenters. The number of nitrogens with one attached hydrogen (secondary N) is 2. The van der Waals surface area contributed by atoms with Crippen molar-refractivity contribution in [2.24, 2.45) is 4.99 Å². The van der Waals surface area contributed by atoms with Gasteiger partial charge in [0.1, 0.15) is 11.7 Å². The lowest BCUT2D eigenvalue weighted by atomic mass is 10.1. The Balaban J connectivity index is 1.15. The number of aliphatic imine (C=N–C) groups is 1. The number of rotatable bonds is 7. The minimum atomic E-state index is 0.161. The highest BCUT2D eigenvalue weighted by Crippen LogP contribution is 2.26. The number of aromatic nitrogens is 5. The number of amidine groups is 2. The maximum Gasteiger partial charge on any atom is 0.182 e. The first-order valence-electron chi connectivity index (χ1n) is 14.8. The molecule has 0 aliphatic rings. The van der Waals surface area contributed by atoms with Crippen LogP contribution in [0.1, 0.15) is 11.1 Å². The minimum absolute atomic E-state index is 0.161. The van der Waals surface area contributed by atoms with Gasteiger partial charge in [0, 0.05) is 45.8 Å². The molecule has 4 aromatic carbocycles. The molecule has 2 N–H and O–H groups in total. The molecule has 8 heteroatoms. The van der Waals surface area contributed by atoms with E-state index in [0.717, 1.165) is 33.4 Å². The molecule has 7 rings (SSSR count). The normalized spacial score (nSPS) is 11.3. The molecule has 220 valence electrons. The second kappa shape index (κ2) is 13.0. The van der Waals surface area contributed by atoms with Gasteiger partial charge in [-0.05, 0) is 24.3 Å². The van der Waals surface area contributed by atoms with Crippen molar-refractivity contribution in [2.75, 3.05) is 5.32 Å². The quantitative estimate of drug-likeness (QED) is 0.144. The van der Waals surface area contributed by atoms with Crippen molar-refractivity contribution in [3.63, 3.8) is 0 Å². The molecular weight excluding hydrogens is 568 g/mol. The van der Waals surface area contributed by atoms with Crippen molar-refractivity contribution in [1.29, 1.82) is 5.41 Å². The van der Waals surface area contributed by atoms with Crippen LogP contribution in [0, 0.1) is 5.41 Å². The third kappa shape index (κ3) is 6.22. The summed E-state index contributed by atoms with van der Waals surface area (Å²) in [5.74, 6) is 3.32. The number of anilines is 1. The summed E-state index contributed by atoms with van der Waals surface area (Å²) in [6.45, 7) is 0. The number of benzene rings is 4. The summed E-state index contributed by atoms with van der Waals surface area (Å²) in [4.78, 5) is 18.9. The number of hydrogen-bond donors (Lipinski definition) is 2. The van der Waals surface area contributed by atoms with Crippen LogP contribution >= 0.6 is 0 Å². The second-order valence-corrected chi connectivity index (χ2v) is 10.4. The highest BCUT2D eigenvalue weighted by atomic mass is 15.4. The standard InChI is InChI=1S/C38H28N8/c39-35(27-13-5-1-6-14-27)43-36(28-15-7-2-8-16-28)42-33-23-21-31(25-40-33)32-22-24-34(41-26-32)46-38(30-19-11-4-12-20-30)44-37(45-46)29-17-9-3-10-18-29/h1-26H,(H2,39,40,42,43). The van der Waals surface area contributed by atoms with E-state index < -0.39 is 0 Å². The third-order valence-electron chi connectivity index (χ3n) is 7.30. The number of pyridine rings is 2. The van der Waals surface area contributed by atoms with E-state index in [1.165, 1.54) is 0 Å². The van der Waals surface area contributed by atoms with Gasteiger partial charge < -0.3 is 5.32 Å². The van der Waals surface area contributed by atoms with Crippen molar-refractivity contribution in [2.45, 2.75) is 0 Å². The summed E-state index contributed by atoms with van der Waals surface area (Å²) >= 11 is 0. The van der Waals surface area contributed by atoms with Crippen molar-refractivity contribution in [1.82, 2.24) is 24.7 Å². The molecule has 0 bridgehead atoms. The summed E-state index contributed by atoms with van der Waals surface area (Å²) in [5, 5.41) is 16.7. The van der Waals surface area contributed by atoms with E-state index in [4.69, 9.17) is 20.5 Å². The van der Waals surface area contributed by atoms with Gasteiger partial charge in [0.15, 0.2) is 23.3 Å². The molecule has 8 nitrogen and oxygen atoms in total. The molecular formula is C38H28N8. The Morgan fingerprint density at radius 2 is 1.13 bits per heavy atom. The van der Waals surface area contributed by atoms with Crippen LogP contribution < -0.4 is 5.32 Å². The van der Waals surface area contributed by atoms with Crippen LogP contribution in [0.2, 0.25) is 0 Å². The van der Waals surface area contributed by atoms with E-state index in [-0.39, 0.29) is 5.84 Å². The lowest BCUT2D eigenvalue weighted by Gasteiger charge is -2.11. The Labute approximate surface area is 266 Å². The lowest BCUT2D eigenvalue weighted by Crippen LogP contribution is -2.17. The topological polar surface area (TPSA) is 105 Å². The van der Waals surface area contributed by atoms with E-state index >= 15 is 0 Å². The summed E-state index contributed by atoms with van der Waals surface area (Å²) in [6.07, 6.45) is 3.61. The molecule has 7 aromatic rings. The van der Waals surface area contributed by atoms with E-state index in [0.29, 0.717) is 29.1 Å². The number of nitrogens with zero attached hydrogens (tertiary/aromatic N) is 6. The van der Waals surface area contributed by atoms with E-state index in [1.807, 2.05) is 152 Å². The Bertz CT molecular complexity index is 2090. The average molecular weight is 597 g/mol. The molecule has 0 fully saturated rings. The predicted molar refractivity (Wildman–Crippen MR) is 183 cm³/mol. The first kappa shape index (κ1) is 28.2. The van der Waals surface area contributed by atoms with Crippen LogP contribution in [0.25, 0.3) is 39.7 Å². The zero-order valence-electron chi connectivity index (χ0n) is 24.7. The molecule has 0 spiro atoms. The van der Waals surface area contributed by atoms with Gasteiger partial charge >= 0.3 is 0 Å². The van der Waals surface area contributed by atoms with Crippen molar-refractivity contribution >= 4 is 17.5 Å². The van der Waals surface area contributed by atoms with Gasteiger partial charge in [-0.25, -0.2) is 19.9 Å². The van der Waals surface area contributed by atoms with Crippen LogP contribution in [0.4, 0.5) is 5.82 Å². The molecule has 3 heterocycles. The first-order chi connectivity index (χ1) is 22.7. The molecule has 0 radical (unpaired) electrons. The molecule has 0 saturated heterocycles. The van der Waals surface area contributed by atoms with Crippen molar-refractivity contribution in [3.8, 4) is 39.7 Å². The molecule has 0 saturated carbocycles. The Morgan fingerprint density at radius 3 is 1.72 bits per heavy atom. The lowest BCUT2D eigenvalue weighted by molar-refractivity contribution is 0.856. The Morgan fingerprint density at radius 1 is 0.565 bits per heavy atom. The van der Waals surface area contributed by atoms with Gasteiger partial charge in [0.05, 0.1) is 0 Å². The van der Waals surface area contributed by atoms with Gasteiger partial charge in [-0.15, -0.1) is 5.10 Å². The van der Waals surface area contributed by atoms with E-state index in [9.17, 15) is 0 Å². The smallest absolute Gasteiger partial charge is 0.182 e. The fourth-order valence-electron chi connectivity index (χ4n) is 4.93. The third-order valence-corrected chi connectivity index (χ3v) is 7.30. The zero-order valence-corrected chi connectivity index (χ0v) is 24.7. The summed E-state index contributed by atoms with van der Waals surface area (Å²) < 4.78 is 1.78. The molecule has 46 heavy (non-hydrogen) atoms. The summed E-state index contributed by atoms with van der Waals surface area (Å²) in [7, 11) is 0. The monoisotopic (exact) mass is 596 g/mol. The average Bonchev–Trinajstić information content (AvgIpc) is 3.59. The molecule has 0 aliphatic carbocycles. The van der Waals surface area contributed by atoms with Crippen LogP contribution in [-0.2, 0) is 0 Å². The Hall–Kier alpha value is -6.54. The largest absolute Gasteiger partial charge is 0.324 e. The molecule has 0 atom stereocenters. The van der Waals surface area contributed by atoms with Gasteiger partial charge in [0.25, 0.3) is 0 Å². The molecule has 0 aliphatic heterocycles. The first-order valence-corrected chi connectivity index (χ1v) is 14.8. The van der Waals surface area contributed by atoms with Crippen LogP contribution in [0.3, 0.4) is 0 Å². The van der Waals surface area contributed by atoms with Gasteiger partial charge in [-0.3, -0.25) is 5.41 Å². The zero-order chi connectivity index (χ0) is 31.1. The van der Waals surface area contributed by atoms with E-state index in [2.05, 4.69) is 15.3 Å². The molecule has 0 amide bonds. The second-order valence-electron chi connectivity index (χ2n) is 10.4. The summed E-state index contributed by atoms with van der Waals surface area (Å²) in [6, 6.07) is 46.9. The predicted octanol–water partition coefficient (Wildman–Crippen LogP) is 7.94. The van der Waals surface area contributed by atoms with Crippen molar-refractivity contribution < 1.29 is 0 Å². The van der Waals surface area contributed by atoms with Crippen LogP contribution in [-0.4, -0.2) is 36.4 Å². The highest BCUT2D eigenvalue weighted by Gasteiger charge is 2.16. The van der Waals surface area contributed by atoms with Gasteiger partial charge in [-0.1, -0.05) is 121 Å². The maximum atomic E-state index is 8.54. The molecule has 3 aromatic heterocycles. The fraction of sp³-hybridized carbons (Fsp3) is 0. The van der Waals surface area contributed by atoms with Gasteiger partial charge in [0.2, 0.25) is 0 Å². The van der Waals surface area contributed by atoms with Crippen LogP contribution in [0.5, 0.6) is 0 Å².